The summed E-state index contributed by atoms with van der Waals surface area (Å²) in [6, 6.07) is 15.7. The first-order chi connectivity index (χ1) is 10.1. The fourth-order valence-corrected chi connectivity index (χ4v) is 3.03. The molecule has 2 nitrogen and oxygen atoms in total. The molecule has 1 N–H and O–H groups in total. The number of benzene rings is 2. The Hall–Kier alpha value is -1.74. The second-order valence-electron chi connectivity index (χ2n) is 5.17. The first kappa shape index (κ1) is 15.6. The average Bonchev–Trinajstić information content (AvgIpc) is 2.47. The molecule has 0 saturated carbocycles. The number of hydrogen-bond donors (Lipinski definition) is 1. The molecule has 1 amide bonds. The topological polar surface area (TPSA) is 29.1 Å². The highest BCUT2D eigenvalue weighted by Crippen LogP contribution is 2.27. The molecule has 2 aromatic rings. The maximum absolute atomic E-state index is 12.5. The van der Waals surface area contributed by atoms with Gasteiger partial charge in [0, 0.05) is 15.8 Å². The van der Waals surface area contributed by atoms with E-state index in [1.807, 2.05) is 42.5 Å². The van der Waals surface area contributed by atoms with E-state index < -0.39 is 0 Å². The quantitative estimate of drug-likeness (QED) is 0.787. The van der Waals surface area contributed by atoms with Crippen LogP contribution in [0.15, 0.2) is 53.4 Å². The van der Waals surface area contributed by atoms with Crippen molar-refractivity contribution in [2.45, 2.75) is 37.3 Å². The summed E-state index contributed by atoms with van der Waals surface area (Å²) in [6.45, 7) is 6.36. The van der Waals surface area contributed by atoms with Crippen molar-refractivity contribution in [2.24, 2.45) is 0 Å². The highest BCUT2D eigenvalue weighted by Gasteiger charge is 2.12. The highest BCUT2D eigenvalue weighted by atomic mass is 32.2. The Morgan fingerprint density at radius 1 is 1.14 bits per heavy atom. The van der Waals surface area contributed by atoms with Gasteiger partial charge in [-0.2, -0.15) is 0 Å². The van der Waals surface area contributed by atoms with Crippen molar-refractivity contribution >= 4 is 23.4 Å². The van der Waals surface area contributed by atoms with Crippen LogP contribution in [-0.2, 0) is 6.42 Å². The molecule has 0 aliphatic rings. The lowest BCUT2D eigenvalue weighted by molar-refractivity contribution is 0.102. The minimum absolute atomic E-state index is 0.0491. The van der Waals surface area contributed by atoms with Gasteiger partial charge < -0.3 is 5.32 Å². The summed E-state index contributed by atoms with van der Waals surface area (Å²) in [5, 5.41) is 3.44. The predicted octanol–water partition coefficient (Wildman–Crippen LogP) is 5.00. The third kappa shape index (κ3) is 4.36. The lowest BCUT2D eigenvalue weighted by atomic mass is 10.1. The van der Waals surface area contributed by atoms with Crippen LogP contribution in [0.25, 0.3) is 0 Å². The van der Waals surface area contributed by atoms with Gasteiger partial charge in [0.2, 0.25) is 0 Å². The maximum atomic E-state index is 12.5. The zero-order chi connectivity index (χ0) is 15.2. The second kappa shape index (κ2) is 7.32. The van der Waals surface area contributed by atoms with Gasteiger partial charge >= 0.3 is 0 Å². The number of thioether (sulfide) groups is 1. The molecule has 0 radical (unpaired) electrons. The van der Waals surface area contributed by atoms with Crippen LogP contribution >= 0.6 is 11.8 Å². The number of amides is 1. The van der Waals surface area contributed by atoms with Crippen LogP contribution < -0.4 is 5.32 Å². The molecule has 0 atom stereocenters. The minimum atomic E-state index is -0.0491. The zero-order valence-electron chi connectivity index (χ0n) is 12.7. The Kier molecular flexibility index (Phi) is 5.45. The molecule has 2 aromatic carbocycles. The van der Waals surface area contributed by atoms with Crippen LogP contribution in [0.1, 0.15) is 36.7 Å². The molecule has 0 bridgehead atoms. The standard InChI is InChI=1S/C18H21NOS/c1-4-14-8-7-9-15(12-14)19-18(20)16-10-5-6-11-17(16)21-13(2)3/h5-13H,4H2,1-3H3,(H,19,20). The second-order valence-corrected chi connectivity index (χ2v) is 6.79. The lowest BCUT2D eigenvalue weighted by Gasteiger charge is -2.12. The summed E-state index contributed by atoms with van der Waals surface area (Å²) in [7, 11) is 0. The normalized spacial score (nSPS) is 10.7. The molecule has 110 valence electrons. The van der Waals surface area contributed by atoms with E-state index in [4.69, 9.17) is 0 Å². The molecule has 0 fully saturated rings. The van der Waals surface area contributed by atoms with Gasteiger partial charge in [-0.05, 0) is 36.2 Å². The fourth-order valence-electron chi connectivity index (χ4n) is 2.08. The average molecular weight is 299 g/mol. The van der Waals surface area contributed by atoms with E-state index in [-0.39, 0.29) is 5.91 Å². The first-order valence-electron chi connectivity index (χ1n) is 7.26. The largest absolute Gasteiger partial charge is 0.322 e. The summed E-state index contributed by atoms with van der Waals surface area (Å²) in [6.07, 6.45) is 0.962. The third-order valence-electron chi connectivity index (χ3n) is 3.09. The Bertz CT molecular complexity index is 622. The van der Waals surface area contributed by atoms with Gasteiger partial charge in [-0.3, -0.25) is 4.79 Å². The number of rotatable bonds is 5. The van der Waals surface area contributed by atoms with Crippen LogP contribution in [0.4, 0.5) is 5.69 Å². The number of anilines is 1. The van der Waals surface area contributed by atoms with E-state index in [0.29, 0.717) is 5.25 Å². The SMILES string of the molecule is CCc1cccc(NC(=O)c2ccccc2SC(C)C)c1. The Balaban J connectivity index is 2.20. The van der Waals surface area contributed by atoms with Gasteiger partial charge in [0.05, 0.1) is 5.56 Å². The van der Waals surface area contributed by atoms with Crippen LogP contribution in [-0.4, -0.2) is 11.2 Å². The molecule has 0 aromatic heterocycles. The molecule has 21 heavy (non-hydrogen) atoms. The summed E-state index contributed by atoms with van der Waals surface area (Å²) < 4.78 is 0. The smallest absolute Gasteiger partial charge is 0.256 e. The van der Waals surface area contributed by atoms with Gasteiger partial charge in [0.25, 0.3) is 5.91 Å². The van der Waals surface area contributed by atoms with E-state index in [1.165, 1.54) is 5.56 Å². The van der Waals surface area contributed by atoms with E-state index in [2.05, 4.69) is 32.2 Å². The van der Waals surface area contributed by atoms with Crippen molar-refractivity contribution < 1.29 is 4.79 Å². The molecule has 0 aliphatic heterocycles. The summed E-state index contributed by atoms with van der Waals surface area (Å²) in [4.78, 5) is 13.5. The summed E-state index contributed by atoms with van der Waals surface area (Å²) in [5.41, 5.74) is 2.81. The number of hydrogen-bond acceptors (Lipinski definition) is 2. The van der Waals surface area contributed by atoms with E-state index in [9.17, 15) is 4.79 Å². The van der Waals surface area contributed by atoms with Gasteiger partial charge in [-0.15, -0.1) is 11.8 Å². The zero-order valence-corrected chi connectivity index (χ0v) is 13.5. The molecule has 2 rings (SSSR count). The first-order valence-corrected chi connectivity index (χ1v) is 8.14. The van der Waals surface area contributed by atoms with E-state index in [0.717, 1.165) is 22.6 Å². The molecule has 0 heterocycles. The van der Waals surface area contributed by atoms with Gasteiger partial charge in [-0.25, -0.2) is 0 Å². The van der Waals surface area contributed by atoms with Crippen molar-refractivity contribution in [2.75, 3.05) is 5.32 Å². The minimum Gasteiger partial charge on any atom is -0.322 e. The van der Waals surface area contributed by atoms with Gasteiger partial charge in [0.1, 0.15) is 0 Å². The number of carbonyl (C=O) groups excluding carboxylic acids is 1. The highest BCUT2D eigenvalue weighted by molar-refractivity contribution is 8.00. The molecule has 0 aliphatic carbocycles. The fraction of sp³-hybridized carbons (Fsp3) is 0.278. The van der Waals surface area contributed by atoms with Crippen molar-refractivity contribution in [3.8, 4) is 0 Å². The molecular formula is C18H21NOS. The summed E-state index contributed by atoms with van der Waals surface area (Å²) >= 11 is 1.71. The Morgan fingerprint density at radius 3 is 2.62 bits per heavy atom. The molecule has 0 unspecified atom stereocenters. The van der Waals surface area contributed by atoms with Gasteiger partial charge in [0.15, 0.2) is 0 Å². The lowest BCUT2D eigenvalue weighted by Crippen LogP contribution is -2.13. The van der Waals surface area contributed by atoms with Crippen molar-refractivity contribution in [1.82, 2.24) is 0 Å². The van der Waals surface area contributed by atoms with Crippen molar-refractivity contribution in [3.05, 3.63) is 59.7 Å². The van der Waals surface area contributed by atoms with Crippen molar-refractivity contribution in [3.63, 3.8) is 0 Å². The number of nitrogens with one attached hydrogen (secondary N) is 1. The molecule has 0 spiro atoms. The van der Waals surface area contributed by atoms with Crippen LogP contribution in [0.3, 0.4) is 0 Å². The van der Waals surface area contributed by atoms with Crippen molar-refractivity contribution in [1.29, 1.82) is 0 Å². The summed E-state index contributed by atoms with van der Waals surface area (Å²) in [5.74, 6) is -0.0491. The maximum Gasteiger partial charge on any atom is 0.256 e. The van der Waals surface area contributed by atoms with Crippen LogP contribution in [0.2, 0.25) is 0 Å². The number of carbonyl (C=O) groups is 1. The monoisotopic (exact) mass is 299 g/mol. The number of aryl methyl sites for hydroxylation is 1. The molecular weight excluding hydrogens is 278 g/mol. The predicted molar refractivity (Wildman–Crippen MR) is 91.2 cm³/mol. The van der Waals surface area contributed by atoms with E-state index in [1.54, 1.807) is 11.8 Å². The molecule has 0 saturated heterocycles. The third-order valence-corrected chi connectivity index (χ3v) is 4.17. The Labute approximate surface area is 131 Å². The Morgan fingerprint density at radius 2 is 1.90 bits per heavy atom. The van der Waals surface area contributed by atoms with Gasteiger partial charge in [-0.1, -0.05) is 45.0 Å². The van der Waals surface area contributed by atoms with Crippen LogP contribution in [0.5, 0.6) is 0 Å². The van der Waals surface area contributed by atoms with Crippen LogP contribution in [0, 0.1) is 0 Å². The van der Waals surface area contributed by atoms with E-state index >= 15 is 0 Å². The molecule has 3 heteroatoms.